The van der Waals surface area contributed by atoms with Gasteiger partial charge in [0.25, 0.3) is 7.52 Å². The van der Waals surface area contributed by atoms with Gasteiger partial charge < -0.3 is 29.0 Å². The van der Waals surface area contributed by atoms with E-state index in [9.17, 15) is 14.2 Å². The van der Waals surface area contributed by atoms with E-state index in [2.05, 4.69) is 20.0 Å². The monoisotopic (exact) mass is 528 g/mol. The fourth-order valence-corrected chi connectivity index (χ4v) is 4.95. The zero-order chi connectivity index (χ0) is 27.1. The van der Waals surface area contributed by atoms with Crippen LogP contribution in [0.4, 0.5) is 5.82 Å². The second-order valence-electron chi connectivity index (χ2n) is 9.65. The van der Waals surface area contributed by atoms with Crippen LogP contribution in [0.15, 0.2) is 12.7 Å². The molecular formula is C22H37N6O7P. The lowest BCUT2D eigenvalue weighted by Crippen LogP contribution is -2.47. The highest BCUT2D eigenvalue weighted by Crippen LogP contribution is 2.45. The van der Waals surface area contributed by atoms with Crippen LogP contribution >= 0.6 is 7.52 Å². The summed E-state index contributed by atoms with van der Waals surface area (Å²) in [4.78, 5) is 36.9. The smallest absolute Gasteiger partial charge is 0.332 e. The highest BCUT2D eigenvalue weighted by Gasteiger charge is 2.39. The molecule has 2 rings (SSSR count). The van der Waals surface area contributed by atoms with Gasteiger partial charge in [-0.3, -0.25) is 9.36 Å². The number of ether oxygens (including phenoxy) is 3. The molecule has 0 fully saturated rings. The number of aromatic nitrogens is 4. The summed E-state index contributed by atoms with van der Waals surface area (Å²) < 4.78 is 37.0. The predicted octanol–water partition coefficient (Wildman–Crippen LogP) is 2.50. The Labute approximate surface area is 210 Å². The zero-order valence-electron chi connectivity index (χ0n) is 21.9. The van der Waals surface area contributed by atoms with Gasteiger partial charge in [-0.1, -0.05) is 13.8 Å². The molecule has 0 aliphatic heterocycles. The first-order chi connectivity index (χ1) is 16.7. The minimum Gasteiger partial charge on any atom is -0.464 e. The third kappa shape index (κ3) is 8.81. The van der Waals surface area contributed by atoms with Crippen LogP contribution < -0.4 is 10.8 Å². The van der Waals surface area contributed by atoms with Crippen molar-refractivity contribution < 1.29 is 32.9 Å². The van der Waals surface area contributed by atoms with Gasteiger partial charge in [0.15, 0.2) is 18.1 Å². The van der Waals surface area contributed by atoms with Gasteiger partial charge in [-0.25, -0.2) is 24.8 Å². The third-order valence-corrected chi connectivity index (χ3v) is 6.61. The topological polar surface area (TPSA) is 170 Å². The molecule has 0 bridgehead atoms. The van der Waals surface area contributed by atoms with E-state index in [0.29, 0.717) is 17.7 Å². The standard InChI is InChI=1S/C22H37N6O7P/c1-14(2)9-32-21(30)22(6,7)27-36(31,34-10-17(29)35-15(3)4)13-33-16(5)8-28-12-26-18-19(23)24-11-25-20(18)28/h11-12,14-16H,8-10,13H2,1-7H3,(H,27,31)(H2,23,24,25)/t16-,36+/m1/s1. The van der Waals surface area contributed by atoms with Crippen LogP contribution in [0.3, 0.4) is 0 Å². The average molecular weight is 529 g/mol. The zero-order valence-corrected chi connectivity index (χ0v) is 22.8. The molecule has 0 aromatic carbocycles. The van der Waals surface area contributed by atoms with E-state index in [1.54, 1.807) is 31.7 Å². The summed E-state index contributed by atoms with van der Waals surface area (Å²) in [6.45, 7) is 11.9. The number of rotatable bonds is 14. The molecule has 0 saturated heterocycles. The van der Waals surface area contributed by atoms with Crippen LogP contribution in [0.5, 0.6) is 0 Å². The summed E-state index contributed by atoms with van der Waals surface area (Å²) in [5.74, 6) is -0.917. The van der Waals surface area contributed by atoms with Crippen LogP contribution in [-0.4, -0.2) is 68.8 Å². The van der Waals surface area contributed by atoms with Crippen molar-refractivity contribution in [3.05, 3.63) is 12.7 Å². The van der Waals surface area contributed by atoms with Gasteiger partial charge in [-0.15, -0.1) is 0 Å². The number of nitrogens with two attached hydrogens (primary N) is 1. The lowest BCUT2D eigenvalue weighted by atomic mass is 10.1. The van der Waals surface area contributed by atoms with Crippen LogP contribution in [-0.2, 0) is 39.4 Å². The summed E-state index contributed by atoms with van der Waals surface area (Å²) >= 11 is 0. The van der Waals surface area contributed by atoms with Gasteiger partial charge in [0.1, 0.15) is 23.7 Å². The first-order valence-corrected chi connectivity index (χ1v) is 13.5. The lowest BCUT2D eigenvalue weighted by molar-refractivity contribution is -0.150. The Morgan fingerprint density at radius 2 is 1.86 bits per heavy atom. The van der Waals surface area contributed by atoms with Gasteiger partial charge in [-0.2, -0.15) is 0 Å². The first kappa shape index (κ1) is 29.6. The van der Waals surface area contributed by atoms with E-state index in [1.165, 1.54) is 20.2 Å². The van der Waals surface area contributed by atoms with Gasteiger partial charge in [0.2, 0.25) is 0 Å². The Morgan fingerprint density at radius 3 is 2.50 bits per heavy atom. The molecule has 2 aromatic rings. The Hall–Kier alpha value is -2.60. The second-order valence-corrected chi connectivity index (χ2v) is 11.7. The molecule has 2 atom stereocenters. The molecule has 0 unspecified atom stereocenters. The molecule has 3 N–H and O–H groups in total. The first-order valence-electron chi connectivity index (χ1n) is 11.6. The molecule has 202 valence electrons. The molecule has 0 spiro atoms. The summed E-state index contributed by atoms with van der Waals surface area (Å²) in [6.07, 6.45) is 1.63. The van der Waals surface area contributed by atoms with Gasteiger partial charge >= 0.3 is 11.9 Å². The van der Waals surface area contributed by atoms with Crippen molar-refractivity contribution in [3.63, 3.8) is 0 Å². The lowest BCUT2D eigenvalue weighted by Gasteiger charge is -2.30. The van der Waals surface area contributed by atoms with E-state index in [-0.39, 0.29) is 24.4 Å². The molecule has 13 nitrogen and oxygen atoms in total. The SMILES string of the molecule is CC(C)COC(=O)C(C)(C)N[P@](=O)(CO[C@H](C)Cn1cnc2c(N)ncnc21)OCC(=O)OC(C)C. The fraction of sp³-hybridized carbons (Fsp3) is 0.682. The van der Waals surface area contributed by atoms with Crippen LogP contribution in [0, 0.1) is 5.92 Å². The second kappa shape index (κ2) is 12.6. The number of carbonyl (C=O) groups excluding carboxylic acids is 2. The molecular weight excluding hydrogens is 491 g/mol. The van der Waals surface area contributed by atoms with Gasteiger partial charge in [0.05, 0.1) is 31.7 Å². The highest BCUT2D eigenvalue weighted by molar-refractivity contribution is 7.56. The predicted molar refractivity (Wildman–Crippen MR) is 133 cm³/mol. The van der Waals surface area contributed by atoms with E-state index in [1.807, 2.05) is 13.8 Å². The van der Waals surface area contributed by atoms with E-state index >= 15 is 0 Å². The van der Waals surface area contributed by atoms with Gasteiger partial charge in [0, 0.05) is 0 Å². The number of imidazole rings is 1. The van der Waals surface area contributed by atoms with Crippen molar-refractivity contribution in [3.8, 4) is 0 Å². The van der Waals surface area contributed by atoms with Crippen molar-refractivity contribution in [1.82, 2.24) is 24.6 Å². The Balaban J connectivity index is 2.11. The average Bonchev–Trinajstić information content (AvgIpc) is 3.18. The maximum Gasteiger partial charge on any atom is 0.332 e. The van der Waals surface area contributed by atoms with Crippen molar-refractivity contribution >= 4 is 36.4 Å². The maximum atomic E-state index is 13.7. The maximum absolute atomic E-state index is 13.7. The largest absolute Gasteiger partial charge is 0.464 e. The van der Waals surface area contributed by atoms with Crippen LogP contribution in [0.1, 0.15) is 48.5 Å². The van der Waals surface area contributed by atoms with E-state index < -0.39 is 44.1 Å². The molecule has 0 aliphatic rings. The molecule has 0 aliphatic carbocycles. The number of hydrogen-bond donors (Lipinski definition) is 2. The number of carbonyl (C=O) groups is 2. The summed E-state index contributed by atoms with van der Waals surface area (Å²) in [6, 6.07) is 0. The van der Waals surface area contributed by atoms with Crippen LogP contribution in [0.2, 0.25) is 0 Å². The number of esters is 2. The number of hydrogen-bond acceptors (Lipinski definition) is 11. The number of nitrogens with zero attached hydrogens (tertiary/aromatic N) is 4. The van der Waals surface area contributed by atoms with Crippen molar-refractivity contribution in [1.29, 1.82) is 0 Å². The Kier molecular flexibility index (Phi) is 10.4. The quantitative estimate of drug-likeness (QED) is 0.272. The number of nitrogens with one attached hydrogen (secondary N) is 1. The van der Waals surface area contributed by atoms with Crippen molar-refractivity contribution in [2.24, 2.45) is 5.92 Å². The van der Waals surface area contributed by atoms with E-state index in [0.717, 1.165) is 0 Å². The molecule has 2 aromatic heterocycles. The molecule has 36 heavy (non-hydrogen) atoms. The minimum atomic E-state index is -3.88. The molecule has 0 saturated carbocycles. The normalized spacial score (nSPS) is 14.7. The molecule has 0 amide bonds. The molecule has 14 heteroatoms. The fourth-order valence-electron chi connectivity index (χ4n) is 3.04. The van der Waals surface area contributed by atoms with Gasteiger partial charge in [-0.05, 0) is 40.5 Å². The molecule has 0 radical (unpaired) electrons. The van der Waals surface area contributed by atoms with Crippen molar-refractivity contribution in [2.75, 3.05) is 25.3 Å². The Morgan fingerprint density at radius 1 is 1.17 bits per heavy atom. The minimum absolute atomic E-state index is 0.127. The third-order valence-electron chi connectivity index (χ3n) is 4.68. The summed E-state index contributed by atoms with van der Waals surface area (Å²) in [5, 5.41) is 2.72. The van der Waals surface area contributed by atoms with Crippen LogP contribution in [0.25, 0.3) is 11.2 Å². The number of nitrogen functional groups attached to an aromatic ring is 1. The Bertz CT molecular complexity index is 1090. The molecule has 2 heterocycles. The summed E-state index contributed by atoms with van der Waals surface area (Å²) in [5.41, 5.74) is 5.44. The van der Waals surface area contributed by atoms with E-state index in [4.69, 9.17) is 24.5 Å². The highest BCUT2D eigenvalue weighted by atomic mass is 31.2. The number of fused-ring (bicyclic) bond motifs is 1. The number of anilines is 1. The van der Waals surface area contributed by atoms with Crippen molar-refractivity contribution in [2.45, 2.75) is 72.8 Å². The summed E-state index contributed by atoms with van der Waals surface area (Å²) in [7, 11) is -3.88.